The van der Waals surface area contributed by atoms with Gasteiger partial charge in [-0.1, -0.05) is 0 Å². The van der Waals surface area contributed by atoms with Crippen molar-refractivity contribution in [1.29, 1.82) is 0 Å². The molecule has 2 aliphatic heterocycles. The molecule has 0 spiro atoms. The summed E-state index contributed by atoms with van der Waals surface area (Å²) in [6.45, 7) is 1.68. The minimum Gasteiger partial charge on any atom is -0.363 e. The third-order valence-corrected chi connectivity index (χ3v) is 7.96. The molecule has 1 atom stereocenters. The number of nitro groups is 1. The Hall–Kier alpha value is -1.97. The second-order valence-electron chi connectivity index (χ2n) is 6.93. The van der Waals surface area contributed by atoms with Gasteiger partial charge in [0.15, 0.2) is 0 Å². The van der Waals surface area contributed by atoms with E-state index >= 15 is 0 Å². The fraction of sp³-hybridized carbons (Fsp3) is 0.444. The number of non-ortho nitro benzene ring substituents is 1. The van der Waals surface area contributed by atoms with Crippen molar-refractivity contribution in [2.24, 2.45) is 0 Å². The minimum absolute atomic E-state index is 0.0562. The highest BCUT2D eigenvalue weighted by Crippen LogP contribution is 2.41. The van der Waals surface area contributed by atoms with E-state index in [0.29, 0.717) is 18.8 Å². The minimum atomic E-state index is -3.77. The number of thiophene rings is 1. The highest BCUT2D eigenvalue weighted by atomic mass is 32.2. The second kappa shape index (κ2) is 7.21. The number of rotatable bonds is 5. The lowest BCUT2D eigenvalue weighted by molar-refractivity contribution is -0.385. The van der Waals surface area contributed by atoms with Crippen LogP contribution in [0.4, 0.5) is 11.4 Å². The summed E-state index contributed by atoms with van der Waals surface area (Å²) < 4.78 is 28.0. The molecule has 0 saturated carbocycles. The number of hydrogen-bond donors (Lipinski definition) is 0. The summed E-state index contributed by atoms with van der Waals surface area (Å²) in [5.41, 5.74) is 1.55. The standard InChI is InChI=1S/C18H21N3O4S2/c22-21(23)15-5-6-17(18(12-15)27(24,25)19-8-1-2-9-19)20-10-3-4-16(20)14-7-11-26-13-14/h5-7,11-13,16H,1-4,8-10H2. The van der Waals surface area contributed by atoms with Crippen LogP contribution in [0.1, 0.15) is 37.3 Å². The van der Waals surface area contributed by atoms with Gasteiger partial charge in [-0.15, -0.1) is 0 Å². The van der Waals surface area contributed by atoms with Crippen LogP contribution < -0.4 is 4.90 Å². The summed E-state index contributed by atoms with van der Waals surface area (Å²) in [5, 5.41) is 15.4. The van der Waals surface area contributed by atoms with Crippen LogP contribution in [0.5, 0.6) is 0 Å². The van der Waals surface area contributed by atoms with Crippen molar-refractivity contribution in [1.82, 2.24) is 4.31 Å². The monoisotopic (exact) mass is 407 g/mol. The van der Waals surface area contributed by atoms with Crippen molar-refractivity contribution in [2.75, 3.05) is 24.5 Å². The van der Waals surface area contributed by atoms with E-state index in [4.69, 9.17) is 0 Å². The zero-order valence-electron chi connectivity index (χ0n) is 14.8. The van der Waals surface area contributed by atoms with Crippen LogP contribution in [0.2, 0.25) is 0 Å². The van der Waals surface area contributed by atoms with Gasteiger partial charge in [0.1, 0.15) is 4.90 Å². The summed E-state index contributed by atoms with van der Waals surface area (Å²) in [5.74, 6) is 0. The molecule has 27 heavy (non-hydrogen) atoms. The smallest absolute Gasteiger partial charge is 0.270 e. The maximum absolute atomic E-state index is 13.3. The number of benzene rings is 1. The second-order valence-corrected chi connectivity index (χ2v) is 9.61. The average molecular weight is 408 g/mol. The first-order valence-corrected chi connectivity index (χ1v) is 11.4. The van der Waals surface area contributed by atoms with Crippen molar-refractivity contribution in [3.8, 4) is 0 Å². The highest BCUT2D eigenvalue weighted by molar-refractivity contribution is 7.89. The van der Waals surface area contributed by atoms with Crippen molar-refractivity contribution >= 4 is 32.7 Å². The Morgan fingerprint density at radius 1 is 1.11 bits per heavy atom. The van der Waals surface area contributed by atoms with E-state index in [2.05, 4.69) is 16.3 Å². The van der Waals surface area contributed by atoms with Gasteiger partial charge in [0.25, 0.3) is 5.69 Å². The van der Waals surface area contributed by atoms with E-state index < -0.39 is 14.9 Å². The number of hydrogen-bond acceptors (Lipinski definition) is 6. The van der Waals surface area contributed by atoms with E-state index in [0.717, 1.165) is 32.2 Å². The lowest BCUT2D eigenvalue weighted by Crippen LogP contribution is -2.31. The van der Waals surface area contributed by atoms with Gasteiger partial charge in [0.05, 0.1) is 16.7 Å². The van der Waals surface area contributed by atoms with Crippen LogP contribution in [0, 0.1) is 10.1 Å². The third-order valence-electron chi connectivity index (χ3n) is 5.33. The molecule has 144 valence electrons. The summed E-state index contributed by atoms with van der Waals surface area (Å²) in [6.07, 6.45) is 3.55. The molecule has 2 aliphatic rings. The molecule has 0 aliphatic carbocycles. The molecule has 2 saturated heterocycles. The maximum Gasteiger partial charge on any atom is 0.270 e. The van der Waals surface area contributed by atoms with Gasteiger partial charge in [0, 0.05) is 31.8 Å². The van der Waals surface area contributed by atoms with Crippen LogP contribution in [-0.4, -0.2) is 37.3 Å². The topological polar surface area (TPSA) is 83.8 Å². The van der Waals surface area contributed by atoms with Crippen LogP contribution >= 0.6 is 11.3 Å². The van der Waals surface area contributed by atoms with Crippen molar-refractivity contribution in [2.45, 2.75) is 36.6 Å². The Bertz CT molecular complexity index is 938. The summed E-state index contributed by atoms with van der Waals surface area (Å²) >= 11 is 1.62. The van der Waals surface area contributed by atoms with Gasteiger partial charge in [-0.2, -0.15) is 15.6 Å². The van der Waals surface area contributed by atoms with E-state index in [-0.39, 0.29) is 16.6 Å². The molecule has 0 radical (unpaired) electrons. The van der Waals surface area contributed by atoms with E-state index in [9.17, 15) is 18.5 Å². The first-order chi connectivity index (χ1) is 13.0. The van der Waals surface area contributed by atoms with Gasteiger partial charge in [-0.05, 0) is 54.1 Å². The molecule has 0 amide bonds. The number of anilines is 1. The zero-order chi connectivity index (χ0) is 19.0. The van der Waals surface area contributed by atoms with Crippen molar-refractivity contribution in [3.05, 3.63) is 50.7 Å². The maximum atomic E-state index is 13.3. The molecule has 7 nitrogen and oxygen atoms in total. The van der Waals surface area contributed by atoms with Gasteiger partial charge in [-0.3, -0.25) is 10.1 Å². The van der Waals surface area contributed by atoms with Gasteiger partial charge in [0.2, 0.25) is 10.0 Å². The number of sulfonamides is 1. The SMILES string of the molecule is O=[N+]([O-])c1ccc(N2CCCC2c2ccsc2)c(S(=O)(=O)N2CCCC2)c1. The predicted molar refractivity (Wildman–Crippen MR) is 105 cm³/mol. The molecule has 0 N–H and O–H groups in total. The summed E-state index contributed by atoms with van der Waals surface area (Å²) in [4.78, 5) is 12.9. The highest BCUT2D eigenvalue weighted by Gasteiger charge is 2.35. The van der Waals surface area contributed by atoms with E-state index in [1.54, 1.807) is 17.4 Å². The Morgan fingerprint density at radius 3 is 2.56 bits per heavy atom. The Balaban J connectivity index is 1.81. The molecule has 1 aromatic carbocycles. The van der Waals surface area contributed by atoms with Crippen molar-refractivity contribution < 1.29 is 13.3 Å². The predicted octanol–water partition coefficient (Wildman–Crippen LogP) is 3.78. The molecule has 9 heteroatoms. The van der Waals surface area contributed by atoms with Crippen molar-refractivity contribution in [3.63, 3.8) is 0 Å². The van der Waals surface area contributed by atoms with E-state index in [1.165, 1.54) is 22.0 Å². The quantitative estimate of drug-likeness (QED) is 0.556. The van der Waals surface area contributed by atoms with Gasteiger partial charge >= 0.3 is 0 Å². The Morgan fingerprint density at radius 2 is 1.89 bits per heavy atom. The zero-order valence-corrected chi connectivity index (χ0v) is 16.4. The third kappa shape index (κ3) is 3.35. The summed E-state index contributed by atoms with van der Waals surface area (Å²) in [7, 11) is -3.77. The van der Waals surface area contributed by atoms with Crippen LogP contribution in [0.25, 0.3) is 0 Å². The number of nitrogens with zero attached hydrogens (tertiary/aromatic N) is 3. The molecule has 1 unspecified atom stereocenters. The van der Waals surface area contributed by atoms with Crippen LogP contribution in [-0.2, 0) is 10.0 Å². The summed E-state index contributed by atoms with van der Waals surface area (Å²) in [6, 6.07) is 6.40. The fourth-order valence-electron chi connectivity index (χ4n) is 3.99. The lowest BCUT2D eigenvalue weighted by atomic mass is 10.1. The first-order valence-electron chi connectivity index (χ1n) is 9.06. The number of nitro benzene ring substituents is 1. The molecular weight excluding hydrogens is 386 g/mol. The Kier molecular flexibility index (Phi) is 4.92. The first kappa shape index (κ1) is 18.4. The fourth-order valence-corrected chi connectivity index (χ4v) is 6.44. The average Bonchev–Trinajstić information content (AvgIpc) is 3.43. The molecular formula is C18H21N3O4S2. The van der Waals surface area contributed by atoms with Crippen LogP contribution in [0.15, 0.2) is 39.9 Å². The normalized spacial score (nSPS) is 21.0. The molecule has 2 fully saturated rings. The lowest BCUT2D eigenvalue weighted by Gasteiger charge is -2.29. The molecule has 2 aromatic rings. The largest absolute Gasteiger partial charge is 0.363 e. The molecule has 4 rings (SSSR count). The Labute approximate surface area is 162 Å². The van der Waals surface area contributed by atoms with Crippen LogP contribution in [0.3, 0.4) is 0 Å². The van der Waals surface area contributed by atoms with E-state index in [1.807, 2.05) is 5.38 Å². The molecule has 0 bridgehead atoms. The molecule has 3 heterocycles. The van der Waals surface area contributed by atoms with Gasteiger partial charge in [-0.25, -0.2) is 8.42 Å². The van der Waals surface area contributed by atoms with Gasteiger partial charge < -0.3 is 4.90 Å². The molecule has 1 aromatic heterocycles.